The molecule has 0 aliphatic carbocycles. The summed E-state index contributed by atoms with van der Waals surface area (Å²) in [6, 6.07) is 1.52. The van der Waals surface area contributed by atoms with E-state index in [9.17, 15) is 4.79 Å². The molecule has 1 N–H and O–H groups in total. The zero-order chi connectivity index (χ0) is 17.6. The van der Waals surface area contributed by atoms with Gasteiger partial charge in [-0.2, -0.15) is 0 Å². The van der Waals surface area contributed by atoms with E-state index in [4.69, 9.17) is 0 Å². The average molecular weight is 343 g/mol. The Hall–Kier alpha value is -2.32. The summed E-state index contributed by atoms with van der Waals surface area (Å²) in [4.78, 5) is 29.5. The van der Waals surface area contributed by atoms with Gasteiger partial charge in [-0.15, -0.1) is 0 Å². The number of hydrogen-bond donors (Lipinski definition) is 1. The molecule has 8 heteroatoms. The molecule has 1 fully saturated rings. The zero-order valence-corrected chi connectivity index (χ0v) is 14.8. The Morgan fingerprint density at radius 3 is 2.56 bits per heavy atom. The summed E-state index contributed by atoms with van der Waals surface area (Å²) in [6.07, 6.45) is 7.11. The summed E-state index contributed by atoms with van der Waals surface area (Å²) in [6.45, 7) is 9.42. The van der Waals surface area contributed by atoms with Crippen LogP contribution in [0.25, 0.3) is 0 Å². The molecule has 0 radical (unpaired) electrons. The number of aryl methyl sites for hydroxylation is 1. The van der Waals surface area contributed by atoms with E-state index in [-0.39, 0.29) is 11.9 Å². The molecule has 134 valence electrons. The van der Waals surface area contributed by atoms with Crippen LogP contribution in [-0.4, -0.2) is 67.4 Å². The summed E-state index contributed by atoms with van der Waals surface area (Å²) < 4.78 is 2.17. The van der Waals surface area contributed by atoms with Gasteiger partial charge in [0, 0.05) is 57.5 Å². The van der Waals surface area contributed by atoms with E-state index >= 15 is 0 Å². The van der Waals surface area contributed by atoms with Gasteiger partial charge in [-0.3, -0.25) is 19.9 Å². The second-order valence-electron chi connectivity index (χ2n) is 6.18. The van der Waals surface area contributed by atoms with E-state index in [0.29, 0.717) is 5.95 Å². The van der Waals surface area contributed by atoms with Crippen molar-refractivity contribution in [3.63, 3.8) is 0 Å². The molecule has 2 aromatic heterocycles. The SMILES string of the molecule is CCn1ccnc1CN1CCN([C@H](C)C(=O)Nc2ncccn2)CC1. The van der Waals surface area contributed by atoms with E-state index in [2.05, 4.69) is 41.6 Å². The number of nitrogens with zero attached hydrogens (tertiary/aromatic N) is 6. The van der Waals surface area contributed by atoms with Crippen molar-refractivity contribution in [3.8, 4) is 0 Å². The highest BCUT2D eigenvalue weighted by molar-refractivity contribution is 5.93. The molecule has 0 aromatic carbocycles. The monoisotopic (exact) mass is 343 g/mol. The molecule has 0 bridgehead atoms. The molecule has 1 saturated heterocycles. The Labute approximate surface area is 147 Å². The first kappa shape index (κ1) is 17.5. The van der Waals surface area contributed by atoms with E-state index in [1.165, 1.54) is 0 Å². The molecular weight excluding hydrogens is 318 g/mol. The third kappa shape index (κ3) is 4.40. The van der Waals surface area contributed by atoms with Gasteiger partial charge in [0.2, 0.25) is 11.9 Å². The fourth-order valence-corrected chi connectivity index (χ4v) is 3.03. The smallest absolute Gasteiger partial charge is 0.243 e. The van der Waals surface area contributed by atoms with E-state index in [1.54, 1.807) is 18.5 Å². The molecule has 1 amide bonds. The number of amides is 1. The number of aromatic nitrogens is 4. The van der Waals surface area contributed by atoms with Crippen LogP contribution in [0.2, 0.25) is 0 Å². The number of imidazole rings is 1. The van der Waals surface area contributed by atoms with Crippen LogP contribution in [0, 0.1) is 0 Å². The Morgan fingerprint density at radius 2 is 1.88 bits per heavy atom. The predicted molar refractivity (Wildman–Crippen MR) is 94.9 cm³/mol. The molecule has 0 spiro atoms. The van der Waals surface area contributed by atoms with Crippen LogP contribution in [0.3, 0.4) is 0 Å². The van der Waals surface area contributed by atoms with Crippen LogP contribution in [0.4, 0.5) is 5.95 Å². The first-order valence-electron chi connectivity index (χ1n) is 8.71. The van der Waals surface area contributed by atoms with Crippen LogP contribution in [0.5, 0.6) is 0 Å². The summed E-state index contributed by atoms with van der Waals surface area (Å²) in [7, 11) is 0. The standard InChI is InChI=1S/C17H25N7O/c1-3-23-8-7-18-15(23)13-22-9-11-24(12-10-22)14(2)16(25)21-17-19-5-4-6-20-17/h4-8,14H,3,9-13H2,1-2H3,(H,19,20,21,25)/t14-/m1/s1. The largest absolute Gasteiger partial charge is 0.334 e. The summed E-state index contributed by atoms with van der Waals surface area (Å²) in [5.41, 5.74) is 0. The first-order chi connectivity index (χ1) is 12.2. The fraction of sp³-hybridized carbons (Fsp3) is 0.529. The molecule has 25 heavy (non-hydrogen) atoms. The minimum atomic E-state index is -0.205. The Bertz CT molecular complexity index is 679. The highest BCUT2D eigenvalue weighted by Gasteiger charge is 2.26. The van der Waals surface area contributed by atoms with E-state index in [0.717, 1.165) is 45.1 Å². The lowest BCUT2D eigenvalue weighted by Crippen LogP contribution is -2.52. The Balaban J connectivity index is 1.49. The lowest BCUT2D eigenvalue weighted by Gasteiger charge is -2.37. The normalized spacial score (nSPS) is 17.4. The summed E-state index contributed by atoms with van der Waals surface area (Å²) in [5, 5.41) is 2.77. The van der Waals surface area contributed by atoms with Crippen LogP contribution < -0.4 is 5.32 Å². The molecule has 1 aliphatic rings. The van der Waals surface area contributed by atoms with Crippen molar-refractivity contribution < 1.29 is 4.79 Å². The fourth-order valence-electron chi connectivity index (χ4n) is 3.03. The Kier molecular flexibility index (Phi) is 5.72. The zero-order valence-electron chi connectivity index (χ0n) is 14.8. The van der Waals surface area contributed by atoms with Gasteiger partial charge in [-0.1, -0.05) is 0 Å². The summed E-state index contributed by atoms with van der Waals surface area (Å²) >= 11 is 0. The van der Waals surface area contributed by atoms with Crippen molar-refractivity contribution >= 4 is 11.9 Å². The number of piperazine rings is 1. The molecule has 3 rings (SSSR count). The van der Waals surface area contributed by atoms with Crippen LogP contribution in [0.15, 0.2) is 30.9 Å². The maximum absolute atomic E-state index is 12.4. The van der Waals surface area contributed by atoms with Gasteiger partial charge in [0.05, 0.1) is 12.6 Å². The molecule has 1 aliphatic heterocycles. The van der Waals surface area contributed by atoms with Crippen molar-refractivity contribution in [2.45, 2.75) is 33.0 Å². The lowest BCUT2D eigenvalue weighted by atomic mass is 10.2. The van der Waals surface area contributed by atoms with Crippen LogP contribution in [-0.2, 0) is 17.9 Å². The molecule has 1 atom stereocenters. The minimum absolute atomic E-state index is 0.0684. The van der Waals surface area contributed by atoms with Gasteiger partial charge in [0.25, 0.3) is 0 Å². The minimum Gasteiger partial charge on any atom is -0.334 e. The van der Waals surface area contributed by atoms with Gasteiger partial charge >= 0.3 is 0 Å². The Morgan fingerprint density at radius 1 is 1.16 bits per heavy atom. The highest BCUT2D eigenvalue weighted by Crippen LogP contribution is 2.11. The van der Waals surface area contributed by atoms with Gasteiger partial charge in [-0.25, -0.2) is 15.0 Å². The van der Waals surface area contributed by atoms with Crippen molar-refractivity contribution in [1.82, 2.24) is 29.3 Å². The van der Waals surface area contributed by atoms with Gasteiger partial charge in [0.1, 0.15) is 5.82 Å². The number of nitrogens with one attached hydrogen (secondary N) is 1. The predicted octanol–water partition coefficient (Wildman–Crippen LogP) is 0.838. The quantitative estimate of drug-likeness (QED) is 0.837. The first-order valence-corrected chi connectivity index (χ1v) is 8.71. The second kappa shape index (κ2) is 8.17. The average Bonchev–Trinajstić information content (AvgIpc) is 3.09. The molecule has 8 nitrogen and oxygen atoms in total. The van der Waals surface area contributed by atoms with Crippen LogP contribution in [0.1, 0.15) is 19.7 Å². The number of carbonyl (C=O) groups is 1. The van der Waals surface area contributed by atoms with Gasteiger partial charge in [0.15, 0.2) is 0 Å². The molecular formula is C17H25N7O. The van der Waals surface area contributed by atoms with Gasteiger partial charge < -0.3 is 4.57 Å². The molecule has 2 aromatic rings. The number of rotatable bonds is 6. The van der Waals surface area contributed by atoms with E-state index < -0.39 is 0 Å². The summed E-state index contributed by atoms with van der Waals surface area (Å²) in [5.74, 6) is 1.38. The number of anilines is 1. The van der Waals surface area contributed by atoms with Crippen molar-refractivity contribution in [2.24, 2.45) is 0 Å². The second-order valence-corrected chi connectivity index (χ2v) is 6.18. The van der Waals surface area contributed by atoms with Crippen LogP contribution >= 0.6 is 0 Å². The number of carbonyl (C=O) groups excluding carboxylic acids is 1. The highest BCUT2D eigenvalue weighted by atomic mass is 16.2. The van der Waals surface area contributed by atoms with Gasteiger partial charge in [-0.05, 0) is 19.9 Å². The lowest BCUT2D eigenvalue weighted by molar-refractivity contribution is -0.121. The third-order valence-electron chi connectivity index (χ3n) is 4.64. The molecule has 0 saturated carbocycles. The molecule has 3 heterocycles. The number of hydrogen-bond acceptors (Lipinski definition) is 6. The van der Waals surface area contributed by atoms with Crippen molar-refractivity contribution in [1.29, 1.82) is 0 Å². The maximum Gasteiger partial charge on any atom is 0.243 e. The van der Waals surface area contributed by atoms with Crippen molar-refractivity contribution in [2.75, 3.05) is 31.5 Å². The topological polar surface area (TPSA) is 79.2 Å². The molecule has 0 unspecified atom stereocenters. The maximum atomic E-state index is 12.4. The van der Waals surface area contributed by atoms with E-state index in [1.807, 2.05) is 19.3 Å². The van der Waals surface area contributed by atoms with Crippen molar-refractivity contribution in [3.05, 3.63) is 36.7 Å². The third-order valence-corrected chi connectivity index (χ3v) is 4.64.